The van der Waals surface area contributed by atoms with Crippen molar-refractivity contribution in [2.75, 3.05) is 7.05 Å². The van der Waals surface area contributed by atoms with Crippen LogP contribution >= 0.6 is 0 Å². The van der Waals surface area contributed by atoms with Crippen LogP contribution in [-0.4, -0.2) is 32.1 Å². The Hall–Kier alpha value is -2.67. The van der Waals surface area contributed by atoms with E-state index in [9.17, 15) is 4.39 Å². The summed E-state index contributed by atoms with van der Waals surface area (Å²) in [5, 5.41) is 8.00. The summed E-state index contributed by atoms with van der Waals surface area (Å²) in [5.74, 6) is 0.437. The highest BCUT2D eigenvalue weighted by Gasteiger charge is 2.17. The fourth-order valence-electron chi connectivity index (χ4n) is 2.18. The van der Waals surface area contributed by atoms with Crippen molar-refractivity contribution in [1.29, 1.82) is 0 Å². The summed E-state index contributed by atoms with van der Waals surface area (Å²) in [6, 6.07) is 8.02. The van der Waals surface area contributed by atoms with Crippen LogP contribution < -0.4 is 0 Å². The Morgan fingerprint density at radius 2 is 2.13 bits per heavy atom. The van der Waals surface area contributed by atoms with Crippen molar-refractivity contribution >= 4 is 0 Å². The van der Waals surface area contributed by atoms with Gasteiger partial charge in [-0.3, -0.25) is 4.90 Å². The van der Waals surface area contributed by atoms with E-state index in [2.05, 4.69) is 20.2 Å². The quantitative estimate of drug-likeness (QED) is 0.721. The molecule has 0 bridgehead atoms. The second-order valence-corrected chi connectivity index (χ2v) is 5.24. The molecule has 0 saturated heterocycles. The number of benzene rings is 1. The molecule has 3 aromatic rings. The van der Waals surface area contributed by atoms with Crippen LogP contribution in [0.15, 0.2) is 47.3 Å². The standard InChI is InChI=1S/C16H16FN5O/c1-11(14-6-7-18-10-19-14)22(2)9-15-20-21-16(23-15)12-4-3-5-13(17)8-12/h3-8,10-11H,9H2,1-2H3. The monoisotopic (exact) mass is 313 g/mol. The van der Waals surface area contributed by atoms with Crippen LogP contribution in [0.3, 0.4) is 0 Å². The lowest BCUT2D eigenvalue weighted by molar-refractivity contribution is 0.225. The van der Waals surface area contributed by atoms with Gasteiger partial charge in [-0.25, -0.2) is 14.4 Å². The van der Waals surface area contributed by atoms with E-state index in [1.807, 2.05) is 24.9 Å². The average Bonchev–Trinajstić information content (AvgIpc) is 3.03. The predicted molar refractivity (Wildman–Crippen MR) is 81.6 cm³/mol. The molecule has 0 aliphatic carbocycles. The lowest BCUT2D eigenvalue weighted by atomic mass is 10.2. The molecule has 2 heterocycles. The molecule has 0 aliphatic heterocycles. The summed E-state index contributed by atoms with van der Waals surface area (Å²) in [6.07, 6.45) is 3.23. The molecule has 7 heteroatoms. The van der Waals surface area contributed by atoms with Gasteiger partial charge >= 0.3 is 0 Å². The smallest absolute Gasteiger partial charge is 0.247 e. The number of halogens is 1. The Labute approximate surface area is 133 Å². The molecule has 0 saturated carbocycles. The SMILES string of the molecule is CC(c1ccncn1)N(C)Cc1nnc(-c2cccc(F)c2)o1. The largest absolute Gasteiger partial charge is 0.419 e. The van der Waals surface area contributed by atoms with Crippen LogP contribution in [0.4, 0.5) is 4.39 Å². The lowest BCUT2D eigenvalue weighted by Gasteiger charge is -2.22. The molecule has 1 atom stereocenters. The minimum absolute atomic E-state index is 0.0718. The van der Waals surface area contributed by atoms with E-state index in [4.69, 9.17) is 4.42 Å². The molecule has 0 aliphatic rings. The van der Waals surface area contributed by atoms with Crippen molar-refractivity contribution in [3.63, 3.8) is 0 Å². The van der Waals surface area contributed by atoms with E-state index >= 15 is 0 Å². The third kappa shape index (κ3) is 3.57. The van der Waals surface area contributed by atoms with Crippen molar-refractivity contribution in [2.24, 2.45) is 0 Å². The minimum Gasteiger partial charge on any atom is -0.419 e. The fraction of sp³-hybridized carbons (Fsp3) is 0.250. The maximum absolute atomic E-state index is 13.3. The van der Waals surface area contributed by atoms with Crippen LogP contribution in [0.1, 0.15) is 24.6 Å². The highest BCUT2D eigenvalue weighted by Crippen LogP contribution is 2.21. The van der Waals surface area contributed by atoms with Crippen molar-refractivity contribution in [3.05, 3.63) is 60.3 Å². The molecule has 118 valence electrons. The van der Waals surface area contributed by atoms with Gasteiger partial charge in [-0.15, -0.1) is 10.2 Å². The second-order valence-electron chi connectivity index (χ2n) is 5.24. The second kappa shape index (κ2) is 6.62. The van der Waals surface area contributed by atoms with Crippen molar-refractivity contribution in [2.45, 2.75) is 19.5 Å². The maximum Gasteiger partial charge on any atom is 0.247 e. The van der Waals surface area contributed by atoms with E-state index in [1.165, 1.54) is 18.5 Å². The molecule has 0 fully saturated rings. The molecule has 2 aromatic heterocycles. The minimum atomic E-state index is -0.336. The zero-order valence-electron chi connectivity index (χ0n) is 12.8. The highest BCUT2D eigenvalue weighted by molar-refractivity contribution is 5.52. The Bertz CT molecular complexity index is 777. The molecular weight excluding hydrogens is 297 g/mol. The van der Waals surface area contributed by atoms with Gasteiger partial charge in [0.2, 0.25) is 11.8 Å². The summed E-state index contributed by atoms with van der Waals surface area (Å²) in [4.78, 5) is 10.2. The molecular formula is C16H16FN5O. The molecule has 0 amide bonds. The van der Waals surface area contributed by atoms with Crippen LogP contribution in [0.5, 0.6) is 0 Å². The molecule has 1 aromatic carbocycles. The van der Waals surface area contributed by atoms with E-state index in [0.29, 0.717) is 23.9 Å². The zero-order valence-corrected chi connectivity index (χ0v) is 12.8. The third-order valence-electron chi connectivity index (χ3n) is 3.62. The number of hydrogen-bond acceptors (Lipinski definition) is 6. The molecule has 3 rings (SSSR count). The Kier molecular flexibility index (Phi) is 4.38. The Morgan fingerprint density at radius 3 is 2.87 bits per heavy atom. The zero-order chi connectivity index (χ0) is 16.2. The van der Waals surface area contributed by atoms with Crippen LogP contribution in [0, 0.1) is 5.82 Å². The molecule has 0 radical (unpaired) electrons. The summed E-state index contributed by atoms with van der Waals surface area (Å²) >= 11 is 0. The van der Waals surface area contributed by atoms with Gasteiger partial charge in [0.25, 0.3) is 0 Å². The van der Waals surface area contributed by atoms with Crippen molar-refractivity contribution in [3.8, 4) is 11.5 Å². The molecule has 0 N–H and O–H groups in total. The molecule has 0 spiro atoms. The molecule has 23 heavy (non-hydrogen) atoms. The number of aromatic nitrogens is 4. The molecule has 1 unspecified atom stereocenters. The van der Waals surface area contributed by atoms with Gasteiger partial charge in [-0.05, 0) is 38.2 Å². The van der Waals surface area contributed by atoms with Gasteiger partial charge < -0.3 is 4.42 Å². The van der Waals surface area contributed by atoms with E-state index in [1.54, 1.807) is 18.3 Å². The third-order valence-corrected chi connectivity index (χ3v) is 3.62. The fourth-order valence-corrected chi connectivity index (χ4v) is 2.18. The van der Waals surface area contributed by atoms with Gasteiger partial charge in [-0.1, -0.05) is 6.07 Å². The van der Waals surface area contributed by atoms with Gasteiger partial charge in [0.05, 0.1) is 12.2 Å². The van der Waals surface area contributed by atoms with Gasteiger partial charge in [-0.2, -0.15) is 0 Å². The van der Waals surface area contributed by atoms with Gasteiger partial charge in [0.1, 0.15) is 12.1 Å². The summed E-state index contributed by atoms with van der Waals surface area (Å²) in [5.41, 5.74) is 1.47. The number of nitrogens with zero attached hydrogens (tertiary/aromatic N) is 5. The normalized spacial score (nSPS) is 12.5. The van der Waals surface area contributed by atoms with Crippen molar-refractivity contribution < 1.29 is 8.81 Å². The highest BCUT2D eigenvalue weighted by atomic mass is 19.1. The van der Waals surface area contributed by atoms with Crippen molar-refractivity contribution in [1.82, 2.24) is 25.1 Å². The number of rotatable bonds is 5. The first-order chi connectivity index (χ1) is 11.1. The van der Waals surface area contributed by atoms with Gasteiger partial charge in [0, 0.05) is 17.8 Å². The van der Waals surface area contributed by atoms with E-state index in [0.717, 1.165) is 5.69 Å². The van der Waals surface area contributed by atoms with E-state index < -0.39 is 0 Å². The van der Waals surface area contributed by atoms with Crippen LogP contribution in [-0.2, 0) is 6.54 Å². The first-order valence-electron chi connectivity index (χ1n) is 7.18. The first-order valence-corrected chi connectivity index (χ1v) is 7.18. The maximum atomic E-state index is 13.3. The predicted octanol–water partition coefficient (Wildman–Crippen LogP) is 2.86. The summed E-state index contributed by atoms with van der Waals surface area (Å²) in [7, 11) is 1.94. The first kappa shape index (κ1) is 15.2. The molecule has 6 nitrogen and oxygen atoms in total. The Balaban J connectivity index is 1.71. The summed E-state index contributed by atoms with van der Waals surface area (Å²) < 4.78 is 18.9. The number of hydrogen-bond donors (Lipinski definition) is 0. The van der Waals surface area contributed by atoms with E-state index in [-0.39, 0.29) is 11.9 Å². The van der Waals surface area contributed by atoms with Gasteiger partial charge in [0.15, 0.2) is 0 Å². The summed E-state index contributed by atoms with van der Waals surface area (Å²) in [6.45, 7) is 2.50. The Morgan fingerprint density at radius 1 is 1.26 bits per heavy atom. The topological polar surface area (TPSA) is 67.9 Å². The van der Waals surface area contributed by atoms with Crippen LogP contribution in [0.2, 0.25) is 0 Å². The van der Waals surface area contributed by atoms with Crippen LogP contribution in [0.25, 0.3) is 11.5 Å². The lowest BCUT2D eigenvalue weighted by Crippen LogP contribution is -2.22. The average molecular weight is 313 g/mol.